The van der Waals surface area contributed by atoms with Crippen molar-refractivity contribution in [2.45, 2.75) is 11.8 Å². The van der Waals surface area contributed by atoms with Crippen molar-refractivity contribution < 1.29 is 17.6 Å². The van der Waals surface area contributed by atoms with Gasteiger partial charge in [0.1, 0.15) is 12.4 Å². The minimum absolute atomic E-state index is 0.0526. The molecule has 3 aromatic rings. The summed E-state index contributed by atoms with van der Waals surface area (Å²) >= 11 is 0. The number of carbonyl (C=O) groups excluding carboxylic acids is 1. The van der Waals surface area contributed by atoms with Gasteiger partial charge >= 0.3 is 0 Å². The number of amides is 1. The van der Waals surface area contributed by atoms with Crippen LogP contribution in [0.2, 0.25) is 0 Å². The first-order valence-electron chi connectivity index (χ1n) is 8.65. The Hall–Kier alpha value is -3.19. The Bertz CT molecular complexity index is 1190. The van der Waals surface area contributed by atoms with Crippen LogP contribution in [-0.2, 0) is 14.8 Å². The lowest BCUT2D eigenvalue weighted by Crippen LogP contribution is -2.40. The van der Waals surface area contributed by atoms with E-state index < -0.39 is 28.3 Å². The maximum absolute atomic E-state index is 13.9. The maximum Gasteiger partial charge on any atom is 0.265 e. The summed E-state index contributed by atoms with van der Waals surface area (Å²) in [5.74, 6) is -0.954. The second-order valence-electron chi connectivity index (χ2n) is 6.53. The molecule has 0 fully saturated rings. The van der Waals surface area contributed by atoms with Crippen LogP contribution in [0.25, 0.3) is 11.1 Å². The molecular formula is C21H17FN2O3S. The summed E-state index contributed by atoms with van der Waals surface area (Å²) in [6.45, 7) is 1.44. The molecule has 0 aromatic heterocycles. The molecule has 4 rings (SSSR count). The van der Waals surface area contributed by atoms with E-state index in [0.29, 0.717) is 16.8 Å². The van der Waals surface area contributed by atoms with Crippen molar-refractivity contribution in [2.75, 3.05) is 16.2 Å². The quantitative estimate of drug-likeness (QED) is 0.729. The van der Waals surface area contributed by atoms with Crippen LogP contribution in [0.3, 0.4) is 0 Å². The zero-order valence-corrected chi connectivity index (χ0v) is 15.8. The van der Waals surface area contributed by atoms with Crippen molar-refractivity contribution in [2.24, 2.45) is 0 Å². The molecule has 0 atom stereocenters. The molecule has 1 heterocycles. The first-order valence-corrected chi connectivity index (χ1v) is 10.1. The molecule has 142 valence electrons. The zero-order chi connectivity index (χ0) is 19.9. The highest BCUT2D eigenvalue weighted by Crippen LogP contribution is 2.43. The number of hydrogen-bond donors (Lipinski definition) is 1. The predicted molar refractivity (Wildman–Crippen MR) is 106 cm³/mol. The number of nitrogens with zero attached hydrogens (tertiary/aromatic N) is 1. The topological polar surface area (TPSA) is 66.5 Å². The smallest absolute Gasteiger partial charge is 0.265 e. The Morgan fingerprint density at radius 3 is 2.50 bits per heavy atom. The average molecular weight is 396 g/mol. The highest BCUT2D eigenvalue weighted by Gasteiger charge is 2.36. The van der Waals surface area contributed by atoms with Crippen LogP contribution >= 0.6 is 0 Å². The third-order valence-electron chi connectivity index (χ3n) is 4.68. The molecule has 3 aromatic carbocycles. The minimum Gasteiger partial charge on any atom is -0.324 e. The van der Waals surface area contributed by atoms with Gasteiger partial charge in [-0.2, -0.15) is 0 Å². The van der Waals surface area contributed by atoms with E-state index in [4.69, 9.17) is 0 Å². The van der Waals surface area contributed by atoms with Crippen LogP contribution in [0.1, 0.15) is 5.56 Å². The van der Waals surface area contributed by atoms with Crippen LogP contribution < -0.4 is 9.62 Å². The largest absolute Gasteiger partial charge is 0.324 e. The number of rotatable bonds is 3. The molecule has 0 radical (unpaired) electrons. The standard InChI is InChI=1S/C21H17FN2O3S/c1-14-6-2-4-8-18(14)23-21(25)13-24-19-11-10-15(22)12-17(19)16-7-3-5-9-20(16)28(24,26)27/h2-12H,13H2,1H3,(H,23,25). The molecule has 0 unspecified atom stereocenters. The summed E-state index contributed by atoms with van der Waals surface area (Å²) in [6.07, 6.45) is 0. The van der Waals surface area contributed by atoms with Gasteiger partial charge in [0.2, 0.25) is 5.91 Å². The normalized spacial score (nSPS) is 14.1. The molecule has 28 heavy (non-hydrogen) atoms. The molecule has 5 nitrogen and oxygen atoms in total. The van der Waals surface area contributed by atoms with Gasteiger partial charge in [0, 0.05) is 16.8 Å². The summed E-state index contributed by atoms with van der Waals surface area (Å²) in [5, 5.41) is 2.74. The van der Waals surface area contributed by atoms with E-state index in [0.717, 1.165) is 9.87 Å². The molecule has 0 aliphatic carbocycles. The highest BCUT2D eigenvalue weighted by molar-refractivity contribution is 7.93. The van der Waals surface area contributed by atoms with Crippen LogP contribution in [0.15, 0.2) is 71.6 Å². The van der Waals surface area contributed by atoms with Gasteiger partial charge in [-0.05, 0) is 42.8 Å². The van der Waals surface area contributed by atoms with Crippen molar-refractivity contribution >= 4 is 27.3 Å². The second kappa shape index (κ2) is 6.76. The Morgan fingerprint density at radius 1 is 1.00 bits per heavy atom. The summed E-state index contributed by atoms with van der Waals surface area (Å²) < 4.78 is 41.2. The number of halogens is 1. The van der Waals surface area contributed by atoms with Crippen LogP contribution in [0, 0.1) is 12.7 Å². The number of para-hydroxylation sites is 1. The molecule has 0 saturated carbocycles. The van der Waals surface area contributed by atoms with E-state index in [1.165, 1.54) is 24.3 Å². The van der Waals surface area contributed by atoms with Gasteiger partial charge in [-0.1, -0.05) is 36.4 Å². The van der Waals surface area contributed by atoms with E-state index in [-0.39, 0.29) is 10.6 Å². The van der Waals surface area contributed by atoms with Crippen LogP contribution in [0.5, 0.6) is 0 Å². The monoisotopic (exact) mass is 396 g/mol. The molecule has 0 spiro atoms. The van der Waals surface area contributed by atoms with E-state index >= 15 is 0 Å². The molecule has 0 bridgehead atoms. The first-order chi connectivity index (χ1) is 13.4. The SMILES string of the molecule is Cc1ccccc1NC(=O)CN1c2ccc(F)cc2-c2ccccc2S1(=O)=O. The van der Waals surface area contributed by atoms with Crippen molar-refractivity contribution in [3.05, 3.63) is 78.1 Å². The molecule has 0 saturated heterocycles. The van der Waals surface area contributed by atoms with Gasteiger partial charge < -0.3 is 5.32 Å². The highest BCUT2D eigenvalue weighted by atomic mass is 32.2. The molecule has 1 N–H and O–H groups in total. The van der Waals surface area contributed by atoms with E-state index in [9.17, 15) is 17.6 Å². The number of fused-ring (bicyclic) bond motifs is 3. The van der Waals surface area contributed by atoms with Crippen molar-refractivity contribution in [1.29, 1.82) is 0 Å². The molecule has 7 heteroatoms. The molecule has 1 aliphatic rings. The van der Waals surface area contributed by atoms with Gasteiger partial charge in [-0.3, -0.25) is 9.10 Å². The van der Waals surface area contributed by atoms with E-state index in [1.54, 1.807) is 30.3 Å². The fraction of sp³-hybridized carbons (Fsp3) is 0.0952. The Kier molecular flexibility index (Phi) is 4.39. The predicted octanol–water partition coefficient (Wildman–Crippen LogP) is 3.95. The Labute approximate surface area is 162 Å². The van der Waals surface area contributed by atoms with Gasteiger partial charge in [0.05, 0.1) is 10.6 Å². The number of hydrogen-bond acceptors (Lipinski definition) is 3. The Balaban J connectivity index is 1.75. The van der Waals surface area contributed by atoms with Crippen LogP contribution in [0.4, 0.5) is 15.8 Å². The Morgan fingerprint density at radius 2 is 1.71 bits per heavy atom. The number of benzene rings is 3. The summed E-state index contributed by atoms with van der Waals surface area (Å²) in [6, 6.07) is 17.5. The number of nitrogens with one attached hydrogen (secondary N) is 1. The lowest BCUT2D eigenvalue weighted by atomic mass is 10.0. The van der Waals surface area contributed by atoms with Crippen LogP contribution in [-0.4, -0.2) is 20.9 Å². The summed E-state index contributed by atoms with van der Waals surface area (Å²) in [5.41, 5.74) is 2.62. The molecule has 1 amide bonds. The number of anilines is 2. The van der Waals surface area contributed by atoms with Gasteiger partial charge in [-0.15, -0.1) is 0 Å². The number of sulfonamides is 1. The lowest BCUT2D eigenvalue weighted by molar-refractivity contribution is -0.114. The minimum atomic E-state index is -3.96. The third-order valence-corrected chi connectivity index (χ3v) is 6.50. The van der Waals surface area contributed by atoms with Gasteiger partial charge in [-0.25, -0.2) is 12.8 Å². The summed E-state index contributed by atoms with van der Waals surface area (Å²) in [4.78, 5) is 12.7. The first kappa shape index (κ1) is 18.2. The number of aryl methyl sites for hydroxylation is 1. The molecule has 1 aliphatic heterocycles. The van der Waals surface area contributed by atoms with E-state index in [2.05, 4.69) is 5.32 Å². The van der Waals surface area contributed by atoms with Crippen molar-refractivity contribution in [1.82, 2.24) is 0 Å². The van der Waals surface area contributed by atoms with E-state index in [1.807, 2.05) is 19.1 Å². The fourth-order valence-corrected chi connectivity index (χ4v) is 4.96. The van der Waals surface area contributed by atoms with Crippen molar-refractivity contribution in [3.63, 3.8) is 0 Å². The third kappa shape index (κ3) is 3.03. The fourth-order valence-electron chi connectivity index (χ4n) is 3.31. The van der Waals surface area contributed by atoms with Gasteiger partial charge in [0.15, 0.2) is 0 Å². The van der Waals surface area contributed by atoms with Gasteiger partial charge in [0.25, 0.3) is 10.0 Å². The maximum atomic E-state index is 13.9. The zero-order valence-electron chi connectivity index (χ0n) is 15.0. The second-order valence-corrected chi connectivity index (χ2v) is 8.36. The lowest BCUT2D eigenvalue weighted by Gasteiger charge is -2.31. The number of carbonyl (C=O) groups is 1. The average Bonchev–Trinajstić information content (AvgIpc) is 2.67. The molecular weight excluding hydrogens is 379 g/mol. The summed E-state index contributed by atoms with van der Waals surface area (Å²) in [7, 11) is -3.96. The van der Waals surface area contributed by atoms with Crippen molar-refractivity contribution in [3.8, 4) is 11.1 Å².